The summed E-state index contributed by atoms with van der Waals surface area (Å²) in [6.45, 7) is 4.93. The molecule has 5 nitrogen and oxygen atoms in total. The van der Waals surface area contributed by atoms with E-state index in [4.69, 9.17) is 0 Å². The molecule has 0 bridgehead atoms. The van der Waals surface area contributed by atoms with E-state index < -0.39 is 6.03 Å². The van der Waals surface area contributed by atoms with Gasteiger partial charge in [0.1, 0.15) is 0 Å². The first-order chi connectivity index (χ1) is 9.02. The van der Waals surface area contributed by atoms with E-state index in [0.717, 1.165) is 24.8 Å². The van der Waals surface area contributed by atoms with Crippen LogP contribution in [-0.2, 0) is 4.79 Å². The largest absolute Gasteiger partial charge is 0.341 e. The quantitative estimate of drug-likeness (QED) is 0.710. The van der Waals surface area contributed by atoms with E-state index in [1.807, 2.05) is 0 Å². The van der Waals surface area contributed by atoms with Crippen LogP contribution in [0.2, 0.25) is 0 Å². The van der Waals surface area contributed by atoms with Crippen molar-refractivity contribution in [2.45, 2.75) is 52.0 Å². The molecule has 1 aliphatic carbocycles. The lowest BCUT2D eigenvalue weighted by Gasteiger charge is -2.26. The van der Waals surface area contributed by atoms with Gasteiger partial charge in [-0.2, -0.15) is 0 Å². The SMILES string of the molecule is CNC(=O)NC(=O)C(C)NCCC1CCC(C)CC1. The van der Waals surface area contributed by atoms with Crippen LogP contribution in [-0.4, -0.2) is 31.6 Å². The van der Waals surface area contributed by atoms with Gasteiger partial charge < -0.3 is 10.6 Å². The fourth-order valence-corrected chi connectivity index (χ4v) is 2.50. The number of urea groups is 1. The van der Waals surface area contributed by atoms with Gasteiger partial charge >= 0.3 is 6.03 Å². The Morgan fingerprint density at radius 2 is 1.84 bits per heavy atom. The van der Waals surface area contributed by atoms with E-state index in [9.17, 15) is 9.59 Å². The Labute approximate surface area is 115 Å². The second kappa shape index (κ2) is 8.15. The van der Waals surface area contributed by atoms with Gasteiger partial charge in [0.2, 0.25) is 5.91 Å². The van der Waals surface area contributed by atoms with Crippen molar-refractivity contribution < 1.29 is 9.59 Å². The molecule has 0 saturated heterocycles. The molecule has 0 heterocycles. The fourth-order valence-electron chi connectivity index (χ4n) is 2.50. The molecule has 1 atom stereocenters. The van der Waals surface area contributed by atoms with Crippen LogP contribution in [0.5, 0.6) is 0 Å². The first-order valence-corrected chi connectivity index (χ1v) is 7.29. The average molecular weight is 269 g/mol. The highest BCUT2D eigenvalue weighted by Gasteiger charge is 2.19. The Bertz CT molecular complexity index is 299. The van der Waals surface area contributed by atoms with Gasteiger partial charge in [-0.3, -0.25) is 10.1 Å². The Balaban J connectivity index is 2.14. The van der Waals surface area contributed by atoms with Gasteiger partial charge in [0.15, 0.2) is 0 Å². The predicted octanol–water partition coefficient (Wildman–Crippen LogP) is 1.64. The first kappa shape index (κ1) is 16.0. The van der Waals surface area contributed by atoms with E-state index in [1.54, 1.807) is 6.92 Å². The Kier molecular flexibility index (Phi) is 6.84. The number of imide groups is 1. The highest BCUT2D eigenvalue weighted by molar-refractivity contribution is 5.96. The van der Waals surface area contributed by atoms with Crippen molar-refractivity contribution in [3.05, 3.63) is 0 Å². The maximum Gasteiger partial charge on any atom is 0.321 e. The number of hydrogen-bond donors (Lipinski definition) is 3. The van der Waals surface area contributed by atoms with Crippen LogP contribution in [0.1, 0.15) is 46.0 Å². The van der Waals surface area contributed by atoms with Crippen molar-refractivity contribution in [1.29, 1.82) is 0 Å². The van der Waals surface area contributed by atoms with Gasteiger partial charge in [-0.1, -0.05) is 32.6 Å². The third kappa shape index (κ3) is 6.05. The van der Waals surface area contributed by atoms with Crippen LogP contribution in [0.25, 0.3) is 0 Å². The molecule has 0 radical (unpaired) electrons. The molecule has 1 fully saturated rings. The minimum Gasteiger partial charge on any atom is -0.341 e. The molecule has 0 aromatic rings. The molecule has 1 saturated carbocycles. The summed E-state index contributed by atoms with van der Waals surface area (Å²) in [6, 6.07) is -0.792. The number of carbonyl (C=O) groups excluding carboxylic acids is 2. The molecule has 19 heavy (non-hydrogen) atoms. The van der Waals surface area contributed by atoms with E-state index >= 15 is 0 Å². The number of hydrogen-bond acceptors (Lipinski definition) is 3. The molecule has 3 N–H and O–H groups in total. The number of rotatable bonds is 5. The first-order valence-electron chi connectivity index (χ1n) is 7.29. The standard InChI is InChI=1S/C14H27N3O2/c1-10-4-6-12(7-5-10)8-9-16-11(2)13(18)17-14(19)15-3/h10-12,16H,4-9H2,1-3H3,(H2,15,17,18,19). The van der Waals surface area contributed by atoms with Crippen LogP contribution < -0.4 is 16.0 Å². The van der Waals surface area contributed by atoms with E-state index in [0.29, 0.717) is 0 Å². The van der Waals surface area contributed by atoms with Crippen LogP contribution in [0.15, 0.2) is 0 Å². The van der Waals surface area contributed by atoms with Crippen LogP contribution in [0, 0.1) is 11.8 Å². The van der Waals surface area contributed by atoms with Crippen molar-refractivity contribution in [2.75, 3.05) is 13.6 Å². The van der Waals surface area contributed by atoms with E-state index in [-0.39, 0.29) is 11.9 Å². The van der Waals surface area contributed by atoms with Crippen molar-refractivity contribution >= 4 is 11.9 Å². The molecule has 110 valence electrons. The number of amides is 3. The lowest BCUT2D eigenvalue weighted by atomic mass is 9.81. The molecular weight excluding hydrogens is 242 g/mol. The van der Waals surface area contributed by atoms with Gasteiger partial charge in [-0.15, -0.1) is 0 Å². The van der Waals surface area contributed by atoms with Gasteiger partial charge in [0, 0.05) is 7.05 Å². The highest BCUT2D eigenvalue weighted by Crippen LogP contribution is 2.29. The van der Waals surface area contributed by atoms with Crippen molar-refractivity contribution in [3.63, 3.8) is 0 Å². The maximum atomic E-state index is 11.6. The molecule has 0 aliphatic heterocycles. The van der Waals surface area contributed by atoms with Crippen LogP contribution >= 0.6 is 0 Å². The molecular formula is C14H27N3O2. The maximum absolute atomic E-state index is 11.6. The summed E-state index contributed by atoms with van der Waals surface area (Å²) >= 11 is 0. The van der Waals surface area contributed by atoms with E-state index in [2.05, 4.69) is 22.9 Å². The zero-order valence-electron chi connectivity index (χ0n) is 12.3. The summed E-state index contributed by atoms with van der Waals surface area (Å²) in [5, 5.41) is 7.81. The fraction of sp³-hybridized carbons (Fsp3) is 0.857. The van der Waals surface area contributed by atoms with Crippen LogP contribution in [0.4, 0.5) is 4.79 Å². The summed E-state index contributed by atoms with van der Waals surface area (Å²) in [5.41, 5.74) is 0. The molecule has 0 spiro atoms. The Hall–Kier alpha value is -1.10. The summed E-state index contributed by atoms with van der Waals surface area (Å²) < 4.78 is 0. The van der Waals surface area contributed by atoms with Gasteiger partial charge in [0.25, 0.3) is 0 Å². The summed E-state index contributed by atoms with van der Waals surface area (Å²) in [7, 11) is 1.49. The number of nitrogens with one attached hydrogen (secondary N) is 3. The number of carbonyl (C=O) groups is 2. The monoisotopic (exact) mass is 269 g/mol. The zero-order valence-corrected chi connectivity index (χ0v) is 12.3. The van der Waals surface area contributed by atoms with Crippen molar-refractivity contribution in [2.24, 2.45) is 11.8 Å². The summed E-state index contributed by atoms with van der Waals surface area (Å²) in [6.07, 6.45) is 6.39. The van der Waals surface area contributed by atoms with Crippen LogP contribution in [0.3, 0.4) is 0 Å². The molecule has 0 aromatic carbocycles. The third-order valence-corrected chi connectivity index (χ3v) is 4.00. The zero-order chi connectivity index (χ0) is 14.3. The average Bonchev–Trinajstić information content (AvgIpc) is 2.40. The second-order valence-corrected chi connectivity index (χ2v) is 5.66. The third-order valence-electron chi connectivity index (χ3n) is 4.00. The molecule has 0 aromatic heterocycles. The van der Waals surface area contributed by atoms with Gasteiger partial charge in [-0.05, 0) is 31.7 Å². The highest BCUT2D eigenvalue weighted by atomic mass is 16.2. The molecule has 1 unspecified atom stereocenters. The normalized spacial score (nSPS) is 24.6. The molecule has 5 heteroatoms. The summed E-state index contributed by atoms with van der Waals surface area (Å²) in [4.78, 5) is 22.6. The molecule has 1 rings (SSSR count). The van der Waals surface area contributed by atoms with E-state index in [1.165, 1.54) is 32.7 Å². The Morgan fingerprint density at radius 3 is 2.42 bits per heavy atom. The minimum atomic E-state index is -0.458. The second-order valence-electron chi connectivity index (χ2n) is 5.66. The van der Waals surface area contributed by atoms with Gasteiger partial charge in [-0.25, -0.2) is 4.79 Å². The van der Waals surface area contributed by atoms with Crippen molar-refractivity contribution in [3.8, 4) is 0 Å². The molecule has 1 aliphatic rings. The smallest absolute Gasteiger partial charge is 0.321 e. The minimum absolute atomic E-state index is 0.281. The van der Waals surface area contributed by atoms with Gasteiger partial charge in [0.05, 0.1) is 6.04 Å². The predicted molar refractivity (Wildman–Crippen MR) is 75.8 cm³/mol. The lowest BCUT2D eigenvalue weighted by Crippen LogP contribution is -2.47. The molecule has 3 amide bonds. The Morgan fingerprint density at radius 1 is 1.21 bits per heavy atom. The topological polar surface area (TPSA) is 70.2 Å². The lowest BCUT2D eigenvalue weighted by molar-refractivity contribution is -0.121. The van der Waals surface area contributed by atoms with Crippen molar-refractivity contribution in [1.82, 2.24) is 16.0 Å². The summed E-state index contributed by atoms with van der Waals surface area (Å²) in [5.74, 6) is 1.39.